The monoisotopic (exact) mass is 375 g/mol. The van der Waals surface area contributed by atoms with E-state index in [1.54, 1.807) is 20.8 Å². The Morgan fingerprint density at radius 1 is 1.08 bits per heavy atom. The van der Waals surface area contributed by atoms with Gasteiger partial charge in [-0.2, -0.15) is 4.72 Å². The van der Waals surface area contributed by atoms with Gasteiger partial charge in [-0.15, -0.1) is 0 Å². The maximum absolute atomic E-state index is 13.0. The van der Waals surface area contributed by atoms with Crippen molar-refractivity contribution < 1.29 is 17.9 Å². The summed E-state index contributed by atoms with van der Waals surface area (Å²) in [5.74, 6) is -0.581. The van der Waals surface area contributed by atoms with Crippen LogP contribution in [-0.2, 0) is 26.0 Å². The molecule has 0 fully saturated rings. The van der Waals surface area contributed by atoms with Crippen molar-refractivity contribution in [3.05, 3.63) is 64.7 Å². The van der Waals surface area contributed by atoms with Crippen LogP contribution in [-0.4, -0.2) is 27.0 Å². The number of sulfonamides is 1. The van der Waals surface area contributed by atoms with Gasteiger partial charge in [-0.3, -0.25) is 4.79 Å². The average molecular weight is 375 g/mol. The molecule has 0 heterocycles. The van der Waals surface area contributed by atoms with Crippen molar-refractivity contribution in [3.63, 3.8) is 0 Å². The van der Waals surface area contributed by atoms with Gasteiger partial charge in [0.1, 0.15) is 6.04 Å². The van der Waals surface area contributed by atoms with Crippen LogP contribution < -0.4 is 4.72 Å². The Morgan fingerprint density at radius 2 is 1.65 bits per heavy atom. The number of carbonyl (C=O) groups excluding carboxylic acids is 1. The zero-order valence-corrected chi connectivity index (χ0v) is 16.4. The molecule has 26 heavy (non-hydrogen) atoms. The summed E-state index contributed by atoms with van der Waals surface area (Å²) in [4.78, 5) is 12.5. The fourth-order valence-electron chi connectivity index (χ4n) is 3.10. The Morgan fingerprint density at radius 3 is 2.19 bits per heavy atom. The van der Waals surface area contributed by atoms with E-state index in [1.165, 1.54) is 0 Å². The second kappa shape index (κ2) is 8.47. The minimum absolute atomic E-state index is 0.189. The number of ether oxygens (including phenoxy) is 1. The quantitative estimate of drug-likeness (QED) is 0.755. The molecule has 6 heteroatoms. The van der Waals surface area contributed by atoms with Crippen LogP contribution in [0, 0.1) is 20.8 Å². The molecule has 2 rings (SSSR count). The highest BCUT2D eigenvalue weighted by Gasteiger charge is 2.29. The first kappa shape index (κ1) is 20.1. The zero-order chi connectivity index (χ0) is 19.3. The molecule has 1 unspecified atom stereocenters. The van der Waals surface area contributed by atoms with Gasteiger partial charge in [0.2, 0.25) is 10.0 Å². The summed E-state index contributed by atoms with van der Waals surface area (Å²) in [5, 5.41) is 0. The molecule has 0 aliphatic carbocycles. The van der Waals surface area contributed by atoms with E-state index in [1.807, 2.05) is 49.4 Å². The first-order chi connectivity index (χ1) is 12.2. The van der Waals surface area contributed by atoms with E-state index >= 15 is 0 Å². The Kier molecular flexibility index (Phi) is 6.56. The van der Waals surface area contributed by atoms with Crippen LogP contribution in [0.1, 0.15) is 29.2 Å². The van der Waals surface area contributed by atoms with Gasteiger partial charge in [-0.05, 0) is 50.8 Å². The lowest BCUT2D eigenvalue weighted by Gasteiger charge is -2.19. The maximum atomic E-state index is 13.0. The summed E-state index contributed by atoms with van der Waals surface area (Å²) < 4.78 is 33.6. The van der Waals surface area contributed by atoms with E-state index in [2.05, 4.69) is 4.72 Å². The lowest BCUT2D eigenvalue weighted by molar-refractivity contribution is -0.145. The van der Waals surface area contributed by atoms with Crippen LogP contribution >= 0.6 is 0 Å². The SMILES string of the molecule is CCOC(=O)C(Cc1ccccc1)NS(=O)(=O)c1c(C)cc(C)cc1C. The Hall–Kier alpha value is -2.18. The predicted molar refractivity (Wildman–Crippen MR) is 102 cm³/mol. The number of carbonyl (C=O) groups is 1. The molecular formula is C20H25NO4S. The number of hydrogen-bond donors (Lipinski definition) is 1. The van der Waals surface area contributed by atoms with Crippen LogP contribution in [0.2, 0.25) is 0 Å². The molecule has 1 atom stereocenters. The molecule has 0 aromatic heterocycles. The summed E-state index contributed by atoms with van der Waals surface area (Å²) in [6, 6.07) is 11.9. The van der Waals surface area contributed by atoms with Crippen LogP contribution in [0.3, 0.4) is 0 Å². The van der Waals surface area contributed by atoms with Crippen molar-refractivity contribution in [1.29, 1.82) is 0 Å². The molecule has 2 aromatic rings. The summed E-state index contributed by atoms with van der Waals surface area (Å²) in [5.41, 5.74) is 3.14. The Bertz CT molecular complexity index is 853. The van der Waals surface area contributed by atoms with Gasteiger partial charge in [0.25, 0.3) is 0 Å². The van der Waals surface area contributed by atoms with Crippen molar-refractivity contribution in [2.24, 2.45) is 0 Å². The fourth-order valence-corrected chi connectivity index (χ4v) is 4.74. The molecule has 0 radical (unpaired) electrons. The van der Waals surface area contributed by atoms with Gasteiger partial charge in [-0.25, -0.2) is 8.42 Å². The second-order valence-electron chi connectivity index (χ2n) is 6.34. The van der Waals surface area contributed by atoms with Gasteiger partial charge in [0.05, 0.1) is 11.5 Å². The zero-order valence-electron chi connectivity index (χ0n) is 15.6. The molecular weight excluding hydrogens is 350 g/mol. The Labute approximate surface area is 155 Å². The van der Waals surface area contributed by atoms with E-state index in [0.29, 0.717) is 11.1 Å². The van der Waals surface area contributed by atoms with Crippen LogP contribution in [0.15, 0.2) is 47.4 Å². The van der Waals surface area contributed by atoms with Crippen LogP contribution in [0.25, 0.3) is 0 Å². The average Bonchev–Trinajstić information content (AvgIpc) is 2.54. The molecule has 1 N–H and O–H groups in total. The van der Waals surface area contributed by atoms with Crippen molar-refractivity contribution in [1.82, 2.24) is 4.72 Å². The summed E-state index contributed by atoms with van der Waals surface area (Å²) >= 11 is 0. The van der Waals surface area contributed by atoms with Crippen molar-refractivity contribution in [3.8, 4) is 0 Å². The van der Waals surface area contributed by atoms with Crippen molar-refractivity contribution in [2.45, 2.75) is 45.1 Å². The van der Waals surface area contributed by atoms with E-state index in [-0.39, 0.29) is 17.9 Å². The number of rotatable bonds is 7. The number of hydrogen-bond acceptors (Lipinski definition) is 4. The standard InChI is InChI=1S/C20H25NO4S/c1-5-25-20(22)18(13-17-9-7-6-8-10-17)21-26(23,24)19-15(3)11-14(2)12-16(19)4/h6-12,18,21H,5,13H2,1-4H3. The topological polar surface area (TPSA) is 72.5 Å². The third-order valence-corrected chi connectivity index (χ3v) is 5.80. The normalized spacial score (nSPS) is 12.6. The van der Waals surface area contributed by atoms with E-state index < -0.39 is 22.0 Å². The fraction of sp³-hybridized carbons (Fsp3) is 0.350. The van der Waals surface area contributed by atoms with E-state index in [0.717, 1.165) is 11.1 Å². The summed E-state index contributed by atoms with van der Waals surface area (Å²) in [7, 11) is -3.87. The minimum Gasteiger partial charge on any atom is -0.465 e. The third-order valence-electron chi connectivity index (χ3n) is 4.02. The molecule has 5 nitrogen and oxygen atoms in total. The number of nitrogens with one attached hydrogen (secondary N) is 1. The van der Waals surface area contributed by atoms with E-state index in [9.17, 15) is 13.2 Å². The molecule has 0 saturated heterocycles. The lowest BCUT2D eigenvalue weighted by atomic mass is 10.1. The maximum Gasteiger partial charge on any atom is 0.324 e. The number of benzene rings is 2. The predicted octanol–water partition coefficient (Wildman–Crippen LogP) is 3.06. The summed E-state index contributed by atoms with van der Waals surface area (Å²) in [6.45, 7) is 7.31. The highest BCUT2D eigenvalue weighted by molar-refractivity contribution is 7.89. The molecule has 0 spiro atoms. The highest BCUT2D eigenvalue weighted by Crippen LogP contribution is 2.22. The molecule has 0 bridgehead atoms. The van der Waals surface area contributed by atoms with Crippen molar-refractivity contribution >= 4 is 16.0 Å². The number of esters is 1. The van der Waals surface area contributed by atoms with Gasteiger partial charge >= 0.3 is 5.97 Å². The first-order valence-corrected chi connectivity index (χ1v) is 10.0. The van der Waals surface area contributed by atoms with Crippen LogP contribution in [0.4, 0.5) is 0 Å². The van der Waals surface area contributed by atoms with E-state index in [4.69, 9.17) is 4.74 Å². The molecule has 0 saturated carbocycles. The first-order valence-electron chi connectivity index (χ1n) is 8.55. The third kappa shape index (κ3) is 4.93. The molecule has 0 aliphatic heterocycles. The van der Waals surface area contributed by atoms with Gasteiger partial charge in [0.15, 0.2) is 0 Å². The summed E-state index contributed by atoms with van der Waals surface area (Å²) in [6.07, 6.45) is 0.225. The molecule has 0 amide bonds. The van der Waals surface area contributed by atoms with Gasteiger partial charge < -0.3 is 4.74 Å². The van der Waals surface area contributed by atoms with Crippen molar-refractivity contribution in [2.75, 3.05) is 6.61 Å². The molecule has 0 aliphatic rings. The largest absolute Gasteiger partial charge is 0.465 e. The number of aryl methyl sites for hydroxylation is 3. The highest BCUT2D eigenvalue weighted by atomic mass is 32.2. The van der Waals surface area contributed by atoms with Gasteiger partial charge in [0, 0.05) is 0 Å². The Balaban J connectivity index is 2.36. The van der Waals surface area contributed by atoms with Gasteiger partial charge in [-0.1, -0.05) is 48.0 Å². The minimum atomic E-state index is -3.87. The lowest BCUT2D eigenvalue weighted by Crippen LogP contribution is -2.43. The molecule has 140 valence electrons. The smallest absolute Gasteiger partial charge is 0.324 e. The van der Waals surface area contributed by atoms with Crippen LogP contribution in [0.5, 0.6) is 0 Å². The second-order valence-corrected chi connectivity index (χ2v) is 7.99. The molecule has 2 aromatic carbocycles.